The van der Waals surface area contributed by atoms with Crippen molar-refractivity contribution in [2.24, 2.45) is 0 Å². The third kappa shape index (κ3) is 4.23. The van der Waals surface area contributed by atoms with Crippen LogP contribution in [0.2, 0.25) is 0 Å². The Morgan fingerprint density at radius 2 is 2.00 bits per heavy atom. The minimum absolute atomic E-state index is 0.0881. The van der Waals surface area contributed by atoms with Crippen molar-refractivity contribution < 1.29 is 26.9 Å². The summed E-state index contributed by atoms with van der Waals surface area (Å²) < 4.78 is 56.8. The van der Waals surface area contributed by atoms with Gasteiger partial charge >= 0.3 is 6.18 Å². The van der Waals surface area contributed by atoms with E-state index in [-0.39, 0.29) is 11.5 Å². The number of hydrogen-bond donors (Lipinski definition) is 1. The maximum Gasteiger partial charge on any atom is 0.419 e. The van der Waals surface area contributed by atoms with Crippen LogP contribution >= 0.6 is 0 Å². The molecule has 1 aliphatic heterocycles. The number of aromatic nitrogens is 1. The Balaban J connectivity index is 1.63. The molecule has 1 aromatic heterocycles. The molecule has 1 aromatic carbocycles. The molecule has 3 rings (SSSR count). The maximum atomic E-state index is 13.7. The smallest absolute Gasteiger partial charge is 0.354 e. The van der Waals surface area contributed by atoms with Crippen LogP contribution in [0.25, 0.3) is 0 Å². The molecule has 2 aromatic rings. The molecule has 5 nitrogen and oxygen atoms in total. The van der Waals surface area contributed by atoms with Gasteiger partial charge in [0.25, 0.3) is 5.91 Å². The van der Waals surface area contributed by atoms with Gasteiger partial charge in [-0.3, -0.25) is 4.79 Å². The SMILES string of the molecule is CCNc1cc(C2CCN(C(=O)c3ccc(C(F)(F)F)c(F)c3)CC2)no1. The highest BCUT2D eigenvalue weighted by molar-refractivity contribution is 5.94. The van der Waals surface area contributed by atoms with E-state index in [4.69, 9.17) is 4.52 Å². The zero-order valence-electron chi connectivity index (χ0n) is 14.6. The molecule has 27 heavy (non-hydrogen) atoms. The summed E-state index contributed by atoms with van der Waals surface area (Å²) in [5, 5.41) is 7.06. The Labute approximate surface area is 153 Å². The molecule has 0 spiro atoms. The van der Waals surface area contributed by atoms with Crippen molar-refractivity contribution in [3.05, 3.63) is 46.9 Å². The number of likely N-dealkylation sites (tertiary alicyclic amines) is 1. The topological polar surface area (TPSA) is 58.4 Å². The molecular weight excluding hydrogens is 366 g/mol. The van der Waals surface area contributed by atoms with Gasteiger partial charge in [-0.2, -0.15) is 13.2 Å². The molecule has 146 valence electrons. The Bertz CT molecular complexity index is 811. The lowest BCUT2D eigenvalue weighted by atomic mass is 9.93. The second-order valence-electron chi connectivity index (χ2n) is 6.41. The summed E-state index contributed by atoms with van der Waals surface area (Å²) in [6, 6.07) is 4.10. The van der Waals surface area contributed by atoms with Gasteiger partial charge in [0.2, 0.25) is 5.88 Å². The number of piperidine rings is 1. The lowest BCUT2D eigenvalue weighted by molar-refractivity contribution is -0.140. The van der Waals surface area contributed by atoms with Crippen molar-refractivity contribution in [1.82, 2.24) is 10.1 Å². The minimum Gasteiger partial charge on any atom is -0.354 e. The first-order chi connectivity index (χ1) is 12.8. The van der Waals surface area contributed by atoms with Crippen molar-refractivity contribution in [3.63, 3.8) is 0 Å². The Morgan fingerprint density at radius 3 is 2.59 bits per heavy atom. The van der Waals surface area contributed by atoms with Crippen LogP contribution in [0.4, 0.5) is 23.4 Å². The molecule has 0 atom stereocenters. The molecule has 0 bridgehead atoms. The molecular formula is C18H19F4N3O2. The summed E-state index contributed by atoms with van der Waals surface area (Å²) in [6.45, 7) is 3.48. The Kier molecular flexibility index (Phi) is 5.38. The zero-order valence-corrected chi connectivity index (χ0v) is 14.6. The molecule has 1 N–H and O–H groups in total. The molecule has 1 amide bonds. The highest BCUT2D eigenvalue weighted by Crippen LogP contribution is 2.33. The van der Waals surface area contributed by atoms with Crippen LogP contribution in [-0.4, -0.2) is 35.6 Å². The van der Waals surface area contributed by atoms with Crippen LogP contribution in [0.1, 0.15) is 47.3 Å². The number of carbonyl (C=O) groups is 1. The molecule has 2 heterocycles. The highest BCUT2D eigenvalue weighted by Gasteiger charge is 2.35. The quantitative estimate of drug-likeness (QED) is 0.798. The molecule has 0 aliphatic carbocycles. The van der Waals surface area contributed by atoms with Crippen LogP contribution in [0, 0.1) is 5.82 Å². The number of hydrogen-bond acceptors (Lipinski definition) is 4. The van der Waals surface area contributed by atoms with Gasteiger partial charge in [0.1, 0.15) is 5.82 Å². The van der Waals surface area contributed by atoms with Gasteiger partial charge in [0.15, 0.2) is 0 Å². The molecule has 1 saturated heterocycles. The van der Waals surface area contributed by atoms with Crippen LogP contribution in [0.5, 0.6) is 0 Å². The zero-order chi connectivity index (χ0) is 19.6. The third-order valence-electron chi connectivity index (χ3n) is 4.60. The minimum atomic E-state index is -4.78. The van der Waals surface area contributed by atoms with E-state index >= 15 is 0 Å². The summed E-state index contributed by atoms with van der Waals surface area (Å²) in [5.74, 6) is -1.20. The first-order valence-electron chi connectivity index (χ1n) is 8.66. The van der Waals surface area contributed by atoms with E-state index in [1.807, 2.05) is 13.0 Å². The van der Waals surface area contributed by atoms with Crippen molar-refractivity contribution in [1.29, 1.82) is 0 Å². The van der Waals surface area contributed by atoms with Crippen molar-refractivity contribution in [3.8, 4) is 0 Å². The normalized spacial score (nSPS) is 15.8. The van der Waals surface area contributed by atoms with Crippen LogP contribution in [-0.2, 0) is 6.18 Å². The fraction of sp³-hybridized carbons (Fsp3) is 0.444. The molecule has 1 fully saturated rings. The number of anilines is 1. The number of nitrogens with one attached hydrogen (secondary N) is 1. The second-order valence-corrected chi connectivity index (χ2v) is 6.41. The maximum absolute atomic E-state index is 13.7. The third-order valence-corrected chi connectivity index (χ3v) is 4.60. The number of nitrogens with zero attached hydrogens (tertiary/aromatic N) is 2. The first kappa shape index (κ1) is 19.2. The largest absolute Gasteiger partial charge is 0.419 e. The predicted molar refractivity (Wildman–Crippen MR) is 89.9 cm³/mol. The average Bonchev–Trinajstić information content (AvgIpc) is 3.09. The number of carbonyl (C=O) groups excluding carboxylic acids is 1. The van der Waals surface area contributed by atoms with Gasteiger partial charge in [-0.05, 0) is 38.0 Å². The van der Waals surface area contributed by atoms with Crippen LogP contribution < -0.4 is 5.32 Å². The molecule has 0 saturated carbocycles. The molecule has 0 radical (unpaired) electrons. The predicted octanol–water partition coefficient (Wildman–Crippen LogP) is 4.28. The Hall–Kier alpha value is -2.58. The van der Waals surface area contributed by atoms with Crippen molar-refractivity contribution in [2.45, 2.75) is 31.9 Å². The van der Waals surface area contributed by atoms with Gasteiger partial charge < -0.3 is 14.7 Å². The van der Waals surface area contributed by atoms with E-state index in [0.29, 0.717) is 50.5 Å². The van der Waals surface area contributed by atoms with Gasteiger partial charge in [-0.1, -0.05) is 5.16 Å². The van der Waals surface area contributed by atoms with Crippen molar-refractivity contribution in [2.75, 3.05) is 25.0 Å². The highest BCUT2D eigenvalue weighted by atomic mass is 19.4. The summed E-state index contributed by atoms with van der Waals surface area (Å²) in [5.41, 5.74) is -0.659. The summed E-state index contributed by atoms with van der Waals surface area (Å²) in [7, 11) is 0. The fourth-order valence-electron chi connectivity index (χ4n) is 3.18. The lowest BCUT2D eigenvalue weighted by Gasteiger charge is -2.31. The number of amides is 1. The van der Waals surface area contributed by atoms with Gasteiger partial charge in [-0.25, -0.2) is 4.39 Å². The number of alkyl halides is 3. The fourth-order valence-corrected chi connectivity index (χ4v) is 3.18. The summed E-state index contributed by atoms with van der Waals surface area (Å²) in [6.07, 6.45) is -3.49. The monoisotopic (exact) mass is 385 g/mol. The van der Waals surface area contributed by atoms with Gasteiger partial charge in [0, 0.05) is 37.2 Å². The van der Waals surface area contributed by atoms with Gasteiger partial charge in [-0.15, -0.1) is 0 Å². The Morgan fingerprint density at radius 1 is 1.30 bits per heavy atom. The standard InChI is InChI=1S/C18H19F4N3O2/c1-2-23-16-10-15(24-27-16)11-5-7-25(8-6-11)17(26)12-3-4-13(14(19)9-12)18(20,21)22/h3-4,9-11,23H,2,5-8H2,1H3. The van der Waals surface area contributed by atoms with Gasteiger partial charge in [0.05, 0.1) is 11.3 Å². The molecule has 1 aliphatic rings. The van der Waals surface area contributed by atoms with E-state index in [9.17, 15) is 22.4 Å². The van der Waals surface area contributed by atoms with Crippen LogP contribution in [0.3, 0.4) is 0 Å². The lowest BCUT2D eigenvalue weighted by Crippen LogP contribution is -2.38. The second kappa shape index (κ2) is 7.58. The van der Waals surface area contributed by atoms with Crippen LogP contribution in [0.15, 0.2) is 28.8 Å². The van der Waals surface area contributed by atoms with E-state index < -0.39 is 23.5 Å². The molecule has 9 heteroatoms. The van der Waals surface area contributed by atoms with E-state index in [1.54, 1.807) is 0 Å². The summed E-state index contributed by atoms with van der Waals surface area (Å²) >= 11 is 0. The summed E-state index contributed by atoms with van der Waals surface area (Å²) in [4.78, 5) is 14.0. The van der Waals surface area contributed by atoms with E-state index in [2.05, 4.69) is 10.5 Å². The number of benzene rings is 1. The van der Waals surface area contributed by atoms with E-state index in [0.717, 1.165) is 11.8 Å². The average molecular weight is 385 g/mol. The van der Waals surface area contributed by atoms with E-state index in [1.165, 1.54) is 4.90 Å². The number of halogens is 4. The molecule has 0 unspecified atom stereocenters. The first-order valence-corrected chi connectivity index (χ1v) is 8.66. The van der Waals surface area contributed by atoms with Crippen molar-refractivity contribution >= 4 is 11.8 Å². The number of rotatable bonds is 4.